The molecule has 2 aromatic rings. The van der Waals surface area contributed by atoms with Crippen LogP contribution in [0.5, 0.6) is 0 Å². The van der Waals surface area contributed by atoms with Gasteiger partial charge in [-0.1, -0.05) is 29.8 Å². The van der Waals surface area contributed by atoms with Gasteiger partial charge >= 0.3 is 6.03 Å². The molecule has 23 heavy (non-hydrogen) atoms. The van der Waals surface area contributed by atoms with Crippen molar-refractivity contribution >= 4 is 23.5 Å². The van der Waals surface area contributed by atoms with Crippen molar-refractivity contribution in [2.45, 2.75) is 19.2 Å². The average Bonchev–Trinajstić information content (AvgIpc) is 3.00. The van der Waals surface area contributed by atoms with Crippen LogP contribution in [0.4, 0.5) is 14.9 Å². The number of urea groups is 1. The van der Waals surface area contributed by atoms with E-state index >= 15 is 0 Å². The van der Waals surface area contributed by atoms with Crippen LogP contribution in [0.3, 0.4) is 0 Å². The van der Waals surface area contributed by atoms with E-state index < -0.39 is 0 Å². The van der Waals surface area contributed by atoms with E-state index in [4.69, 9.17) is 0 Å². The van der Waals surface area contributed by atoms with Gasteiger partial charge in [-0.2, -0.15) is 0 Å². The van der Waals surface area contributed by atoms with Gasteiger partial charge in [-0.15, -0.1) is 11.8 Å². The molecule has 0 spiro atoms. The summed E-state index contributed by atoms with van der Waals surface area (Å²) < 4.78 is 13.1. The highest BCUT2D eigenvalue weighted by atomic mass is 32.2. The van der Waals surface area contributed by atoms with Crippen molar-refractivity contribution in [2.24, 2.45) is 0 Å². The zero-order chi connectivity index (χ0) is 16.4. The molecule has 1 aliphatic rings. The predicted molar refractivity (Wildman–Crippen MR) is 93.2 cm³/mol. The number of hydrogen-bond acceptors (Lipinski definition) is 2. The van der Waals surface area contributed by atoms with Crippen molar-refractivity contribution in [1.82, 2.24) is 4.90 Å². The lowest BCUT2D eigenvalue weighted by Crippen LogP contribution is -2.34. The average molecular weight is 330 g/mol. The molecule has 0 saturated carbocycles. The quantitative estimate of drug-likeness (QED) is 0.864. The number of carbonyl (C=O) groups is 1. The molecule has 0 aromatic heterocycles. The van der Waals surface area contributed by atoms with Gasteiger partial charge in [0.2, 0.25) is 0 Å². The Bertz CT molecular complexity index is 717. The smallest absolute Gasteiger partial charge is 0.308 e. The molecule has 5 heteroatoms. The van der Waals surface area contributed by atoms with Crippen LogP contribution in [0, 0.1) is 19.7 Å². The topological polar surface area (TPSA) is 32.3 Å². The van der Waals surface area contributed by atoms with Crippen LogP contribution in [0.2, 0.25) is 0 Å². The maximum absolute atomic E-state index is 13.1. The fourth-order valence-corrected chi connectivity index (χ4v) is 3.98. The maximum Gasteiger partial charge on any atom is 0.323 e. The highest BCUT2D eigenvalue weighted by molar-refractivity contribution is 7.99. The van der Waals surface area contributed by atoms with E-state index in [2.05, 4.69) is 5.32 Å². The Kier molecular flexibility index (Phi) is 4.57. The number of aryl methyl sites for hydroxylation is 2. The zero-order valence-electron chi connectivity index (χ0n) is 13.2. The molecule has 1 atom stereocenters. The Morgan fingerprint density at radius 3 is 2.65 bits per heavy atom. The van der Waals surface area contributed by atoms with Gasteiger partial charge in [0, 0.05) is 18.0 Å². The Labute approximate surface area is 139 Å². The predicted octanol–water partition coefficient (Wildman–Crippen LogP) is 4.72. The molecule has 0 bridgehead atoms. The Hall–Kier alpha value is -2.01. The summed E-state index contributed by atoms with van der Waals surface area (Å²) in [5.41, 5.74) is 3.99. The summed E-state index contributed by atoms with van der Waals surface area (Å²) in [7, 11) is 0. The molecular formula is C18H19FN2OS. The van der Waals surface area contributed by atoms with E-state index in [-0.39, 0.29) is 17.2 Å². The molecule has 1 saturated heterocycles. The van der Waals surface area contributed by atoms with Crippen LogP contribution >= 0.6 is 11.8 Å². The molecule has 2 amide bonds. The largest absolute Gasteiger partial charge is 0.323 e. The number of rotatable bonds is 2. The van der Waals surface area contributed by atoms with Crippen molar-refractivity contribution in [3.8, 4) is 0 Å². The normalized spacial score (nSPS) is 17.3. The summed E-state index contributed by atoms with van der Waals surface area (Å²) in [4.78, 5) is 14.4. The Balaban J connectivity index is 1.76. The third kappa shape index (κ3) is 3.50. The van der Waals surface area contributed by atoms with Crippen molar-refractivity contribution in [3.63, 3.8) is 0 Å². The number of hydrogen-bond donors (Lipinski definition) is 1. The molecule has 0 radical (unpaired) electrons. The van der Waals surface area contributed by atoms with Crippen LogP contribution in [0.25, 0.3) is 0 Å². The van der Waals surface area contributed by atoms with Crippen LogP contribution in [-0.2, 0) is 0 Å². The zero-order valence-corrected chi connectivity index (χ0v) is 14.0. The van der Waals surface area contributed by atoms with Crippen LogP contribution in [-0.4, -0.2) is 23.2 Å². The number of nitrogens with one attached hydrogen (secondary N) is 1. The minimum absolute atomic E-state index is 0.0682. The van der Waals surface area contributed by atoms with Crippen LogP contribution < -0.4 is 5.32 Å². The maximum atomic E-state index is 13.1. The summed E-state index contributed by atoms with van der Waals surface area (Å²) in [5, 5.41) is 2.92. The standard InChI is InChI=1S/C18H19FN2OS/c1-12-3-8-16(13(2)11-12)20-18(22)21-9-10-23-17(21)14-4-6-15(19)7-5-14/h3-8,11,17H,9-10H2,1-2H3,(H,20,22)/t17-/m1/s1. The number of carbonyl (C=O) groups excluding carboxylic acids is 1. The molecule has 1 N–H and O–H groups in total. The lowest BCUT2D eigenvalue weighted by Gasteiger charge is -2.25. The highest BCUT2D eigenvalue weighted by Crippen LogP contribution is 2.38. The SMILES string of the molecule is Cc1ccc(NC(=O)N2CCS[C@@H]2c2ccc(F)cc2)c(C)c1. The minimum atomic E-state index is -0.261. The second-order valence-electron chi connectivity index (χ2n) is 5.72. The number of amides is 2. The molecule has 1 fully saturated rings. The molecule has 1 heterocycles. The molecule has 3 nitrogen and oxygen atoms in total. The van der Waals surface area contributed by atoms with Crippen LogP contribution in [0.15, 0.2) is 42.5 Å². The molecule has 120 valence electrons. The third-order valence-corrected chi connectivity index (χ3v) is 5.19. The van der Waals surface area contributed by atoms with Gasteiger partial charge in [0.05, 0.1) is 0 Å². The Morgan fingerprint density at radius 1 is 1.22 bits per heavy atom. The summed E-state index contributed by atoms with van der Waals surface area (Å²) in [5.74, 6) is 0.616. The van der Waals surface area contributed by atoms with Gasteiger partial charge in [0.15, 0.2) is 0 Å². The lowest BCUT2D eigenvalue weighted by molar-refractivity contribution is 0.214. The lowest BCUT2D eigenvalue weighted by atomic mass is 10.1. The Morgan fingerprint density at radius 2 is 1.96 bits per heavy atom. The monoisotopic (exact) mass is 330 g/mol. The van der Waals surface area contributed by atoms with E-state index in [1.807, 2.05) is 32.0 Å². The van der Waals surface area contributed by atoms with Gasteiger partial charge in [-0.05, 0) is 43.2 Å². The molecular weight excluding hydrogens is 311 g/mol. The van der Waals surface area contributed by atoms with Crippen molar-refractivity contribution in [2.75, 3.05) is 17.6 Å². The fourth-order valence-electron chi connectivity index (χ4n) is 2.72. The number of nitrogens with zero attached hydrogens (tertiary/aromatic N) is 1. The van der Waals surface area contributed by atoms with Crippen molar-refractivity contribution < 1.29 is 9.18 Å². The van der Waals surface area contributed by atoms with E-state index in [9.17, 15) is 9.18 Å². The van der Waals surface area contributed by atoms with Gasteiger partial charge in [-0.3, -0.25) is 0 Å². The summed E-state index contributed by atoms with van der Waals surface area (Å²) >= 11 is 1.70. The van der Waals surface area contributed by atoms with Gasteiger partial charge in [0.1, 0.15) is 11.2 Å². The third-order valence-electron chi connectivity index (χ3n) is 3.93. The van der Waals surface area contributed by atoms with Crippen molar-refractivity contribution in [1.29, 1.82) is 0 Å². The van der Waals surface area contributed by atoms with E-state index in [1.165, 1.54) is 17.7 Å². The van der Waals surface area contributed by atoms with E-state index in [1.54, 1.807) is 28.8 Å². The number of anilines is 1. The highest BCUT2D eigenvalue weighted by Gasteiger charge is 2.30. The fraction of sp³-hybridized carbons (Fsp3) is 0.278. The molecule has 0 aliphatic carbocycles. The molecule has 1 aliphatic heterocycles. The first-order valence-electron chi connectivity index (χ1n) is 7.56. The van der Waals surface area contributed by atoms with Crippen molar-refractivity contribution in [3.05, 3.63) is 65.0 Å². The molecule has 2 aromatic carbocycles. The van der Waals surface area contributed by atoms with Crippen LogP contribution in [0.1, 0.15) is 22.1 Å². The summed E-state index contributed by atoms with van der Waals surface area (Å²) in [6, 6.07) is 12.2. The van der Waals surface area contributed by atoms with Gasteiger partial charge in [0.25, 0.3) is 0 Å². The minimum Gasteiger partial charge on any atom is -0.308 e. The first-order chi connectivity index (χ1) is 11.0. The number of halogens is 1. The number of benzene rings is 2. The molecule has 0 unspecified atom stereocenters. The summed E-state index contributed by atoms with van der Waals surface area (Å²) in [6.07, 6.45) is 0. The van der Waals surface area contributed by atoms with Gasteiger partial charge < -0.3 is 10.2 Å². The summed E-state index contributed by atoms with van der Waals surface area (Å²) in [6.45, 7) is 4.70. The molecule has 3 rings (SSSR count). The van der Waals surface area contributed by atoms with E-state index in [0.717, 1.165) is 22.6 Å². The number of thioether (sulfide) groups is 1. The second kappa shape index (κ2) is 6.62. The first-order valence-corrected chi connectivity index (χ1v) is 8.61. The first kappa shape index (κ1) is 15.9. The van der Waals surface area contributed by atoms with Gasteiger partial charge in [-0.25, -0.2) is 9.18 Å². The van der Waals surface area contributed by atoms with E-state index in [0.29, 0.717) is 6.54 Å². The second-order valence-corrected chi connectivity index (χ2v) is 6.90.